The van der Waals surface area contributed by atoms with E-state index < -0.39 is 28.9 Å². The summed E-state index contributed by atoms with van der Waals surface area (Å²) in [5.41, 5.74) is -0.502. The molecule has 0 atom stereocenters. The van der Waals surface area contributed by atoms with Crippen LogP contribution in [0.4, 0.5) is 33.3 Å². The van der Waals surface area contributed by atoms with Crippen LogP contribution in [0.3, 0.4) is 0 Å². The average molecular weight is 608 g/mol. The standard InChI is InChI=1S/C33H42F5N3O2/c1-3-5-17-42-32(43-18-6-4-2)24-11-15-41(16-12-24)27-20-29(34)31(30(35)21-27)23-9-13-40(14-10-23)26-8-7-25(22-39)28(19-26)33(36,37)38/h7-8,19-21,23-24,32H,3-6,9-18H2,1-2H3. The highest BCUT2D eigenvalue weighted by Crippen LogP contribution is 2.39. The Labute approximate surface area is 251 Å². The molecule has 2 fully saturated rings. The Balaban J connectivity index is 1.37. The number of hydrogen-bond donors (Lipinski definition) is 0. The monoisotopic (exact) mass is 607 g/mol. The van der Waals surface area contributed by atoms with Gasteiger partial charge in [0, 0.05) is 62.2 Å². The van der Waals surface area contributed by atoms with E-state index in [9.17, 15) is 13.2 Å². The van der Waals surface area contributed by atoms with Crippen LogP contribution < -0.4 is 9.80 Å². The minimum Gasteiger partial charge on any atom is -0.371 e. The quantitative estimate of drug-likeness (QED) is 0.138. The van der Waals surface area contributed by atoms with E-state index in [0.717, 1.165) is 44.6 Å². The molecule has 2 aliphatic rings. The summed E-state index contributed by atoms with van der Waals surface area (Å²) in [4.78, 5) is 3.78. The van der Waals surface area contributed by atoms with Gasteiger partial charge in [0.25, 0.3) is 0 Å². The Morgan fingerprint density at radius 2 is 1.37 bits per heavy atom. The molecule has 2 aromatic carbocycles. The summed E-state index contributed by atoms with van der Waals surface area (Å²) >= 11 is 0. The first-order chi connectivity index (χ1) is 20.7. The molecule has 0 aliphatic carbocycles. The number of halogens is 5. The minimum absolute atomic E-state index is 0.0443. The molecule has 2 aliphatic heterocycles. The van der Waals surface area contributed by atoms with Crippen LogP contribution in [-0.2, 0) is 15.7 Å². The maximum Gasteiger partial charge on any atom is 0.417 e. The molecule has 2 saturated heterocycles. The summed E-state index contributed by atoms with van der Waals surface area (Å²) in [6.07, 6.45) is 1.56. The van der Waals surface area contributed by atoms with Gasteiger partial charge in [0.2, 0.25) is 0 Å². The molecule has 236 valence electrons. The second kappa shape index (κ2) is 15.2. The molecule has 43 heavy (non-hydrogen) atoms. The lowest BCUT2D eigenvalue weighted by Gasteiger charge is -2.37. The van der Waals surface area contributed by atoms with Crippen molar-refractivity contribution >= 4 is 11.4 Å². The predicted molar refractivity (Wildman–Crippen MR) is 157 cm³/mol. The minimum atomic E-state index is -4.64. The number of hydrogen-bond acceptors (Lipinski definition) is 5. The fourth-order valence-corrected chi connectivity index (χ4v) is 6.07. The van der Waals surface area contributed by atoms with E-state index in [1.807, 2.05) is 4.90 Å². The van der Waals surface area contributed by atoms with Crippen molar-refractivity contribution in [1.29, 1.82) is 5.26 Å². The van der Waals surface area contributed by atoms with Crippen LogP contribution in [0, 0.1) is 28.9 Å². The van der Waals surface area contributed by atoms with Crippen LogP contribution >= 0.6 is 0 Å². The van der Waals surface area contributed by atoms with Crippen molar-refractivity contribution in [2.45, 2.75) is 83.6 Å². The third-order valence-electron chi connectivity index (χ3n) is 8.61. The second-order valence-corrected chi connectivity index (χ2v) is 11.6. The maximum absolute atomic E-state index is 15.4. The Hall–Kier alpha value is -2.90. The van der Waals surface area contributed by atoms with Gasteiger partial charge < -0.3 is 19.3 Å². The van der Waals surface area contributed by atoms with E-state index in [0.29, 0.717) is 63.6 Å². The van der Waals surface area contributed by atoms with E-state index in [2.05, 4.69) is 13.8 Å². The zero-order chi connectivity index (χ0) is 31.0. The average Bonchev–Trinajstić information content (AvgIpc) is 3.00. The molecule has 0 radical (unpaired) electrons. The first-order valence-electron chi connectivity index (χ1n) is 15.5. The SMILES string of the molecule is CCCCOC(OCCCC)C1CCN(c2cc(F)c(C3CCN(c4ccc(C#N)c(C(F)(F)F)c4)CC3)c(F)c2)CC1. The predicted octanol–water partition coefficient (Wildman–Crippen LogP) is 8.42. The molecule has 4 rings (SSSR count). The highest BCUT2D eigenvalue weighted by atomic mass is 19.4. The van der Waals surface area contributed by atoms with E-state index >= 15 is 8.78 Å². The third kappa shape index (κ3) is 8.39. The zero-order valence-electron chi connectivity index (χ0n) is 25.1. The molecule has 0 aromatic heterocycles. The van der Waals surface area contributed by atoms with Crippen molar-refractivity contribution in [2.24, 2.45) is 5.92 Å². The lowest BCUT2D eigenvalue weighted by molar-refractivity contribution is -0.177. The molecule has 5 nitrogen and oxygen atoms in total. The number of alkyl halides is 3. The van der Waals surface area contributed by atoms with Crippen LogP contribution in [0.25, 0.3) is 0 Å². The van der Waals surface area contributed by atoms with Crippen LogP contribution in [0.2, 0.25) is 0 Å². The first kappa shape index (κ1) is 33.0. The Bertz CT molecular complexity index is 1200. The molecule has 0 unspecified atom stereocenters. The van der Waals surface area contributed by atoms with E-state index in [-0.39, 0.29) is 23.7 Å². The molecular weight excluding hydrogens is 565 g/mol. The van der Waals surface area contributed by atoms with Crippen LogP contribution in [0.5, 0.6) is 0 Å². The molecule has 0 saturated carbocycles. The smallest absolute Gasteiger partial charge is 0.371 e. The summed E-state index contributed by atoms with van der Waals surface area (Å²) in [6, 6.07) is 8.05. The fraction of sp³-hybridized carbons (Fsp3) is 0.606. The van der Waals surface area contributed by atoms with Gasteiger partial charge in [-0.1, -0.05) is 26.7 Å². The first-order valence-corrected chi connectivity index (χ1v) is 15.5. The summed E-state index contributed by atoms with van der Waals surface area (Å²) in [5.74, 6) is -1.32. The lowest BCUT2D eigenvalue weighted by Crippen LogP contribution is -2.40. The molecular formula is C33H42F5N3O2. The number of anilines is 2. The van der Waals surface area contributed by atoms with Gasteiger partial charge in [0.05, 0.1) is 17.2 Å². The van der Waals surface area contributed by atoms with E-state index in [4.69, 9.17) is 14.7 Å². The number of benzene rings is 2. The Kier molecular flexibility index (Phi) is 11.7. The molecule has 0 N–H and O–H groups in total. The Morgan fingerprint density at radius 3 is 1.88 bits per heavy atom. The second-order valence-electron chi connectivity index (χ2n) is 11.6. The van der Waals surface area contributed by atoms with Gasteiger partial charge in [-0.2, -0.15) is 18.4 Å². The molecule has 2 heterocycles. The molecule has 0 amide bonds. The van der Waals surface area contributed by atoms with Gasteiger partial charge in [0.1, 0.15) is 11.6 Å². The molecule has 0 bridgehead atoms. The van der Waals surface area contributed by atoms with Crippen LogP contribution in [-0.4, -0.2) is 45.7 Å². The highest BCUT2D eigenvalue weighted by molar-refractivity contribution is 5.55. The summed E-state index contributed by atoms with van der Waals surface area (Å²) in [5, 5.41) is 9.06. The van der Waals surface area contributed by atoms with Gasteiger partial charge in [-0.15, -0.1) is 0 Å². The summed E-state index contributed by atoms with van der Waals surface area (Å²) < 4.78 is 83.2. The normalized spacial score (nSPS) is 17.1. The summed E-state index contributed by atoms with van der Waals surface area (Å²) in [6.45, 7) is 7.56. The summed E-state index contributed by atoms with van der Waals surface area (Å²) in [7, 11) is 0. The lowest BCUT2D eigenvalue weighted by atomic mass is 9.88. The zero-order valence-corrected chi connectivity index (χ0v) is 25.1. The van der Waals surface area contributed by atoms with Crippen LogP contribution in [0.1, 0.15) is 87.8 Å². The number of piperidine rings is 2. The van der Waals surface area contributed by atoms with Gasteiger partial charge >= 0.3 is 6.18 Å². The van der Waals surface area contributed by atoms with E-state index in [1.165, 1.54) is 24.3 Å². The van der Waals surface area contributed by atoms with Gasteiger partial charge in [-0.25, -0.2) is 8.78 Å². The number of ether oxygens (including phenoxy) is 2. The molecule has 0 spiro atoms. The van der Waals surface area contributed by atoms with Crippen molar-refractivity contribution < 1.29 is 31.4 Å². The van der Waals surface area contributed by atoms with Gasteiger partial charge in [-0.3, -0.25) is 0 Å². The van der Waals surface area contributed by atoms with Crippen LogP contribution in [0.15, 0.2) is 30.3 Å². The topological polar surface area (TPSA) is 48.7 Å². The van der Waals surface area contributed by atoms with Crippen molar-refractivity contribution in [2.75, 3.05) is 49.2 Å². The molecule has 2 aromatic rings. The number of nitriles is 1. The van der Waals surface area contributed by atoms with Crippen molar-refractivity contribution in [1.82, 2.24) is 0 Å². The van der Waals surface area contributed by atoms with E-state index in [1.54, 1.807) is 11.0 Å². The molecule has 10 heteroatoms. The fourth-order valence-electron chi connectivity index (χ4n) is 6.07. The van der Waals surface area contributed by atoms with Crippen molar-refractivity contribution in [3.8, 4) is 6.07 Å². The number of unbranched alkanes of at least 4 members (excludes halogenated alkanes) is 2. The van der Waals surface area contributed by atoms with Crippen molar-refractivity contribution in [3.63, 3.8) is 0 Å². The number of rotatable bonds is 12. The van der Waals surface area contributed by atoms with Crippen molar-refractivity contribution in [3.05, 3.63) is 58.7 Å². The third-order valence-corrected chi connectivity index (χ3v) is 8.61. The largest absolute Gasteiger partial charge is 0.417 e. The maximum atomic E-state index is 15.4. The van der Waals surface area contributed by atoms with Gasteiger partial charge in [-0.05, 0) is 74.8 Å². The highest BCUT2D eigenvalue weighted by Gasteiger charge is 2.35. The Morgan fingerprint density at radius 1 is 0.837 bits per heavy atom. The van der Waals surface area contributed by atoms with Gasteiger partial charge in [0.15, 0.2) is 6.29 Å². The number of nitrogens with zero attached hydrogens (tertiary/aromatic N) is 3.